The topological polar surface area (TPSA) is 133 Å². The summed E-state index contributed by atoms with van der Waals surface area (Å²) in [5, 5.41) is 17.5. The Morgan fingerprint density at radius 3 is 2.80 bits per heavy atom. The number of rotatable bonds is 4. The van der Waals surface area contributed by atoms with E-state index in [1.807, 2.05) is 0 Å². The number of H-pyrrole nitrogens is 1. The van der Waals surface area contributed by atoms with Crippen LogP contribution in [-0.4, -0.2) is 32.2 Å². The first-order valence-corrected chi connectivity index (χ1v) is 5.72. The molecule has 2 rings (SSSR count). The lowest BCUT2D eigenvalue weighted by molar-refractivity contribution is 0.0692. The third-order valence-electron chi connectivity index (χ3n) is 2.39. The molecule has 0 aliphatic rings. The van der Waals surface area contributed by atoms with Crippen molar-refractivity contribution in [3.05, 3.63) is 29.2 Å². The zero-order valence-electron chi connectivity index (χ0n) is 10.9. The summed E-state index contributed by atoms with van der Waals surface area (Å²) in [6, 6.07) is 0.968. The maximum Gasteiger partial charge on any atom is 0.354 e. The fraction of sp³-hybridized carbons (Fsp3) is 0.273. The van der Waals surface area contributed by atoms with Gasteiger partial charge in [0.2, 0.25) is 5.89 Å². The number of carbonyl (C=O) groups excluding carboxylic acids is 1. The van der Waals surface area contributed by atoms with Crippen LogP contribution in [0, 0.1) is 13.8 Å². The summed E-state index contributed by atoms with van der Waals surface area (Å²) in [5.74, 6) is -0.416. The Bertz CT molecular complexity index is 645. The lowest BCUT2D eigenvalue weighted by atomic mass is 10.3. The number of hydrogen-bond donors (Lipinski definition) is 4. The molecule has 0 atom stereocenters. The Balaban J connectivity index is 1.96. The van der Waals surface area contributed by atoms with Gasteiger partial charge < -0.3 is 25.2 Å². The summed E-state index contributed by atoms with van der Waals surface area (Å²) in [6.45, 7) is 3.41. The summed E-state index contributed by atoms with van der Waals surface area (Å²) in [4.78, 5) is 29.2. The van der Waals surface area contributed by atoms with Gasteiger partial charge in [-0.25, -0.2) is 9.59 Å². The molecule has 0 spiro atoms. The molecule has 0 saturated carbocycles. The summed E-state index contributed by atoms with van der Waals surface area (Å²) in [7, 11) is 0. The molecule has 106 valence electrons. The van der Waals surface area contributed by atoms with Gasteiger partial charge in [-0.3, -0.25) is 0 Å². The predicted molar refractivity (Wildman–Crippen MR) is 67.4 cm³/mol. The van der Waals surface area contributed by atoms with Gasteiger partial charge in [0.15, 0.2) is 5.82 Å². The summed E-state index contributed by atoms with van der Waals surface area (Å²) in [5.41, 5.74) is 0.747. The van der Waals surface area contributed by atoms with Gasteiger partial charge in [0.25, 0.3) is 0 Å². The zero-order valence-corrected chi connectivity index (χ0v) is 10.9. The summed E-state index contributed by atoms with van der Waals surface area (Å²) < 4.78 is 4.75. The highest BCUT2D eigenvalue weighted by Gasteiger charge is 2.15. The maximum atomic E-state index is 11.7. The number of aromatic nitrogens is 3. The largest absolute Gasteiger partial charge is 0.477 e. The van der Waals surface area contributed by atoms with Crippen molar-refractivity contribution >= 4 is 17.7 Å². The van der Waals surface area contributed by atoms with Crippen LogP contribution in [0.5, 0.6) is 0 Å². The van der Waals surface area contributed by atoms with Crippen molar-refractivity contribution in [3.8, 4) is 0 Å². The van der Waals surface area contributed by atoms with E-state index in [0.29, 0.717) is 17.4 Å². The first-order chi connectivity index (χ1) is 9.45. The van der Waals surface area contributed by atoms with Crippen LogP contribution in [-0.2, 0) is 6.54 Å². The van der Waals surface area contributed by atoms with Gasteiger partial charge in [-0.2, -0.15) is 4.98 Å². The molecule has 0 saturated heterocycles. The number of aromatic amines is 1. The number of nitrogens with one attached hydrogen (secondary N) is 3. The average Bonchev–Trinajstić information content (AvgIpc) is 2.93. The third kappa shape index (κ3) is 3.13. The second-order valence-electron chi connectivity index (χ2n) is 4.08. The van der Waals surface area contributed by atoms with Gasteiger partial charge in [-0.15, -0.1) is 0 Å². The molecule has 2 amide bonds. The van der Waals surface area contributed by atoms with Crippen LogP contribution in [0.4, 0.5) is 10.5 Å². The number of aromatic carboxylic acids is 1. The molecule has 0 aliphatic carbocycles. The fourth-order valence-corrected chi connectivity index (χ4v) is 1.60. The minimum Gasteiger partial charge on any atom is -0.477 e. The van der Waals surface area contributed by atoms with E-state index in [2.05, 4.69) is 25.8 Å². The van der Waals surface area contributed by atoms with Crippen molar-refractivity contribution in [3.63, 3.8) is 0 Å². The molecule has 0 bridgehead atoms. The van der Waals surface area contributed by atoms with Crippen molar-refractivity contribution in [2.24, 2.45) is 0 Å². The van der Waals surface area contributed by atoms with Crippen molar-refractivity contribution in [1.82, 2.24) is 20.4 Å². The molecule has 9 heteroatoms. The molecular weight excluding hydrogens is 266 g/mol. The smallest absolute Gasteiger partial charge is 0.354 e. The molecule has 4 N–H and O–H groups in total. The normalized spacial score (nSPS) is 10.3. The highest BCUT2D eigenvalue weighted by Crippen LogP contribution is 2.16. The van der Waals surface area contributed by atoms with Gasteiger partial charge in [-0.1, -0.05) is 5.16 Å². The van der Waals surface area contributed by atoms with Gasteiger partial charge in [0, 0.05) is 12.6 Å². The van der Waals surface area contributed by atoms with E-state index < -0.39 is 12.0 Å². The first-order valence-electron chi connectivity index (χ1n) is 5.72. The lowest BCUT2D eigenvalue weighted by Crippen LogP contribution is -2.29. The highest BCUT2D eigenvalue weighted by molar-refractivity contribution is 5.99. The molecule has 0 aromatic carbocycles. The number of carboxylic acid groups (broad SMARTS) is 1. The standard InChI is InChI=1S/C11H13N5O4/c1-5-3-7(9(13-5)10(17)18)15-11(19)12-4-8-14-6(2)20-16-8/h3,13H,4H2,1-2H3,(H,17,18)(H2,12,15,19). The highest BCUT2D eigenvalue weighted by atomic mass is 16.5. The predicted octanol–water partition coefficient (Wildman–Crippen LogP) is 1.03. The van der Waals surface area contributed by atoms with Gasteiger partial charge >= 0.3 is 12.0 Å². The Hall–Kier alpha value is -2.84. The number of urea groups is 1. The van der Waals surface area contributed by atoms with E-state index in [0.717, 1.165) is 0 Å². The molecule has 2 aromatic rings. The molecular formula is C11H13N5O4. The summed E-state index contributed by atoms with van der Waals surface area (Å²) in [6.07, 6.45) is 0. The van der Waals surface area contributed by atoms with Gasteiger partial charge in [0.1, 0.15) is 5.69 Å². The van der Waals surface area contributed by atoms with E-state index in [4.69, 9.17) is 9.63 Å². The van der Waals surface area contributed by atoms with Crippen molar-refractivity contribution in [2.75, 3.05) is 5.32 Å². The second kappa shape index (κ2) is 5.43. The van der Waals surface area contributed by atoms with E-state index >= 15 is 0 Å². The van der Waals surface area contributed by atoms with E-state index in [1.165, 1.54) is 6.07 Å². The molecule has 0 fully saturated rings. The zero-order chi connectivity index (χ0) is 14.7. The molecule has 0 aliphatic heterocycles. The van der Waals surface area contributed by atoms with Crippen LogP contribution >= 0.6 is 0 Å². The second-order valence-corrected chi connectivity index (χ2v) is 4.08. The average molecular weight is 279 g/mol. The number of carboxylic acids is 1. The molecule has 9 nitrogen and oxygen atoms in total. The van der Waals surface area contributed by atoms with Crippen LogP contribution in [0.15, 0.2) is 10.6 Å². The van der Waals surface area contributed by atoms with Gasteiger partial charge in [-0.05, 0) is 13.0 Å². The Labute approximate surface area is 113 Å². The Kier molecular flexibility index (Phi) is 3.69. The molecule has 0 radical (unpaired) electrons. The molecule has 20 heavy (non-hydrogen) atoms. The molecule has 0 unspecified atom stereocenters. The maximum absolute atomic E-state index is 11.7. The third-order valence-corrected chi connectivity index (χ3v) is 2.39. The van der Waals surface area contributed by atoms with Crippen molar-refractivity contribution in [2.45, 2.75) is 20.4 Å². The number of aryl methyl sites for hydroxylation is 2. The number of amides is 2. The van der Waals surface area contributed by atoms with E-state index in [9.17, 15) is 9.59 Å². The van der Waals surface area contributed by atoms with E-state index in [1.54, 1.807) is 13.8 Å². The quantitative estimate of drug-likeness (QED) is 0.660. The lowest BCUT2D eigenvalue weighted by Gasteiger charge is -2.04. The van der Waals surface area contributed by atoms with Crippen molar-refractivity contribution < 1.29 is 19.2 Å². The van der Waals surface area contributed by atoms with Crippen LogP contribution in [0.2, 0.25) is 0 Å². The van der Waals surface area contributed by atoms with Gasteiger partial charge in [0.05, 0.1) is 12.2 Å². The minimum atomic E-state index is -1.15. The SMILES string of the molecule is Cc1cc(NC(=O)NCc2noc(C)n2)c(C(=O)O)[nH]1. The van der Waals surface area contributed by atoms with E-state index in [-0.39, 0.29) is 17.9 Å². The number of carbonyl (C=O) groups is 2. The monoisotopic (exact) mass is 279 g/mol. The fourth-order valence-electron chi connectivity index (χ4n) is 1.60. The van der Waals surface area contributed by atoms with Crippen molar-refractivity contribution in [1.29, 1.82) is 0 Å². The van der Waals surface area contributed by atoms with Crippen LogP contribution in [0.3, 0.4) is 0 Å². The van der Waals surface area contributed by atoms with Crippen LogP contribution < -0.4 is 10.6 Å². The number of nitrogens with zero attached hydrogens (tertiary/aromatic N) is 2. The van der Waals surface area contributed by atoms with Crippen LogP contribution in [0.25, 0.3) is 0 Å². The Morgan fingerprint density at radius 2 is 2.20 bits per heavy atom. The summed E-state index contributed by atoms with van der Waals surface area (Å²) >= 11 is 0. The number of hydrogen-bond acceptors (Lipinski definition) is 5. The first kappa shape index (κ1) is 13.6. The van der Waals surface area contributed by atoms with Crippen LogP contribution in [0.1, 0.15) is 27.9 Å². The molecule has 2 aromatic heterocycles. The number of anilines is 1. The minimum absolute atomic E-state index is 0.0759. The molecule has 2 heterocycles. The Morgan fingerprint density at radius 1 is 1.45 bits per heavy atom.